The summed E-state index contributed by atoms with van der Waals surface area (Å²) >= 11 is 0. The van der Waals surface area contributed by atoms with Crippen molar-refractivity contribution in [2.45, 2.75) is 0 Å². The number of hydrogen-bond donors (Lipinski definition) is 0. The van der Waals surface area contributed by atoms with Crippen LogP contribution in [0.3, 0.4) is 0 Å². The highest BCUT2D eigenvalue weighted by molar-refractivity contribution is 6.12. The molecule has 0 spiro atoms. The van der Waals surface area contributed by atoms with Gasteiger partial charge in [0.2, 0.25) is 0 Å². The van der Waals surface area contributed by atoms with Gasteiger partial charge in [0.25, 0.3) is 0 Å². The molecular formula is C51H32N4. The molecule has 3 aromatic heterocycles. The van der Waals surface area contributed by atoms with Gasteiger partial charge in [-0.25, -0.2) is 9.97 Å². The Morgan fingerprint density at radius 2 is 0.927 bits per heavy atom. The molecule has 8 aromatic carbocycles. The second-order valence-corrected chi connectivity index (χ2v) is 14.0. The van der Waals surface area contributed by atoms with Crippen LogP contribution in [0.1, 0.15) is 0 Å². The Bertz CT molecular complexity index is 3140. The largest absolute Gasteiger partial charge is 0.309 e. The van der Waals surface area contributed by atoms with Crippen molar-refractivity contribution in [3.05, 3.63) is 194 Å². The van der Waals surface area contributed by atoms with Crippen molar-refractivity contribution in [1.82, 2.24) is 19.5 Å². The average molecular weight is 701 g/mol. The summed E-state index contributed by atoms with van der Waals surface area (Å²) in [5, 5.41) is 8.31. The molecule has 0 unspecified atom stereocenters. The van der Waals surface area contributed by atoms with Gasteiger partial charge in [0.15, 0.2) is 5.82 Å². The van der Waals surface area contributed by atoms with Gasteiger partial charge in [0.05, 0.1) is 27.9 Å². The maximum absolute atomic E-state index is 5.35. The minimum absolute atomic E-state index is 0.679. The quantitative estimate of drug-likeness (QED) is 0.168. The molecule has 0 atom stereocenters. The van der Waals surface area contributed by atoms with Gasteiger partial charge in [-0.2, -0.15) is 0 Å². The first kappa shape index (κ1) is 31.1. The highest BCUT2D eigenvalue weighted by Gasteiger charge is 2.17. The Labute approximate surface area is 317 Å². The van der Waals surface area contributed by atoms with E-state index in [4.69, 9.17) is 15.0 Å². The fourth-order valence-corrected chi connectivity index (χ4v) is 8.26. The fourth-order valence-electron chi connectivity index (χ4n) is 8.26. The molecule has 0 bridgehead atoms. The normalized spacial score (nSPS) is 11.6. The number of aromatic nitrogens is 4. The lowest BCUT2D eigenvalue weighted by molar-refractivity contribution is 1.17. The Balaban J connectivity index is 1.09. The maximum atomic E-state index is 5.35. The molecule has 11 rings (SSSR count). The molecule has 0 fully saturated rings. The lowest BCUT2D eigenvalue weighted by Crippen LogP contribution is -1.98. The van der Waals surface area contributed by atoms with E-state index in [9.17, 15) is 0 Å². The zero-order valence-corrected chi connectivity index (χ0v) is 29.8. The summed E-state index contributed by atoms with van der Waals surface area (Å²) in [7, 11) is 0. The van der Waals surface area contributed by atoms with E-state index in [1.807, 2.05) is 12.3 Å². The van der Waals surface area contributed by atoms with Crippen LogP contribution in [-0.2, 0) is 0 Å². The van der Waals surface area contributed by atoms with Crippen molar-refractivity contribution in [2.75, 3.05) is 0 Å². The van der Waals surface area contributed by atoms with Crippen molar-refractivity contribution in [1.29, 1.82) is 0 Å². The summed E-state index contributed by atoms with van der Waals surface area (Å²) in [6, 6.07) is 66.6. The lowest BCUT2D eigenvalue weighted by atomic mass is 9.94. The Morgan fingerprint density at radius 3 is 1.62 bits per heavy atom. The summed E-state index contributed by atoms with van der Waals surface area (Å²) in [6.45, 7) is 0. The van der Waals surface area contributed by atoms with Crippen molar-refractivity contribution in [2.24, 2.45) is 0 Å². The molecule has 256 valence electrons. The number of rotatable bonds is 5. The second kappa shape index (κ2) is 12.6. The topological polar surface area (TPSA) is 43.6 Å². The summed E-state index contributed by atoms with van der Waals surface area (Å²) < 4.78 is 2.35. The number of nitrogens with zero attached hydrogens (tertiary/aromatic N) is 4. The predicted octanol–water partition coefficient (Wildman–Crippen LogP) is 13.1. The van der Waals surface area contributed by atoms with Crippen LogP contribution in [0.25, 0.3) is 105 Å². The number of para-hydroxylation sites is 3. The first-order chi connectivity index (χ1) is 27.3. The molecule has 0 saturated carbocycles. The third kappa shape index (κ3) is 5.19. The molecular weight excluding hydrogens is 669 g/mol. The van der Waals surface area contributed by atoms with E-state index in [1.54, 1.807) is 0 Å². The van der Waals surface area contributed by atoms with Gasteiger partial charge >= 0.3 is 0 Å². The molecule has 0 aliphatic carbocycles. The maximum Gasteiger partial charge on any atom is 0.160 e. The Hall–Kier alpha value is -7.43. The van der Waals surface area contributed by atoms with Crippen LogP contribution in [0.15, 0.2) is 194 Å². The van der Waals surface area contributed by atoms with Crippen LogP contribution in [0.4, 0.5) is 0 Å². The summed E-state index contributed by atoms with van der Waals surface area (Å²) in [5.41, 5.74) is 11.5. The Morgan fingerprint density at radius 1 is 0.382 bits per heavy atom. The van der Waals surface area contributed by atoms with Gasteiger partial charge in [0, 0.05) is 50.3 Å². The average Bonchev–Trinajstić information content (AvgIpc) is 3.59. The van der Waals surface area contributed by atoms with Crippen LogP contribution in [0.2, 0.25) is 0 Å². The Kier molecular flexibility index (Phi) is 7.14. The molecule has 4 heteroatoms. The molecule has 0 aliphatic rings. The molecule has 0 saturated heterocycles. The second-order valence-electron chi connectivity index (χ2n) is 14.0. The molecule has 0 amide bonds. The molecule has 0 aliphatic heterocycles. The van der Waals surface area contributed by atoms with Crippen LogP contribution in [0.5, 0.6) is 0 Å². The van der Waals surface area contributed by atoms with E-state index in [0.29, 0.717) is 5.82 Å². The number of pyridine rings is 1. The van der Waals surface area contributed by atoms with Crippen LogP contribution >= 0.6 is 0 Å². The van der Waals surface area contributed by atoms with Gasteiger partial charge in [-0.05, 0) is 69.6 Å². The first-order valence-electron chi connectivity index (χ1n) is 18.6. The van der Waals surface area contributed by atoms with Gasteiger partial charge in [-0.3, -0.25) is 4.98 Å². The van der Waals surface area contributed by atoms with E-state index in [0.717, 1.165) is 66.6 Å². The van der Waals surface area contributed by atoms with E-state index < -0.39 is 0 Å². The third-order valence-electron chi connectivity index (χ3n) is 10.8. The van der Waals surface area contributed by atoms with E-state index >= 15 is 0 Å². The predicted molar refractivity (Wildman–Crippen MR) is 228 cm³/mol. The van der Waals surface area contributed by atoms with Gasteiger partial charge in [0.1, 0.15) is 0 Å². The van der Waals surface area contributed by atoms with Gasteiger partial charge in [-0.1, -0.05) is 146 Å². The van der Waals surface area contributed by atoms with Gasteiger partial charge < -0.3 is 4.57 Å². The fraction of sp³-hybridized carbons (Fsp3) is 0. The van der Waals surface area contributed by atoms with E-state index in [1.165, 1.54) is 32.6 Å². The standard InChI is InChI=1S/C51H32N4/c1-3-15-40-37(11-1)31-38-12-2-4-16-41(38)49(40)46-32-45(34-26-28-39(29-27-34)55-47-20-7-5-17-43(47)44-18-6-8-21-48(44)55)53-51(54-46)36-24-22-33(23-25-36)42-19-9-13-35-14-10-30-52-50(35)42/h1-32H. The summed E-state index contributed by atoms with van der Waals surface area (Å²) in [4.78, 5) is 15.3. The summed E-state index contributed by atoms with van der Waals surface area (Å²) in [5.74, 6) is 0.679. The smallest absolute Gasteiger partial charge is 0.160 e. The minimum atomic E-state index is 0.679. The molecule has 55 heavy (non-hydrogen) atoms. The highest BCUT2D eigenvalue weighted by atomic mass is 15.0. The lowest BCUT2D eigenvalue weighted by Gasteiger charge is -2.15. The van der Waals surface area contributed by atoms with Crippen molar-refractivity contribution in [3.8, 4) is 50.7 Å². The van der Waals surface area contributed by atoms with Crippen molar-refractivity contribution >= 4 is 54.3 Å². The molecule has 3 heterocycles. The molecule has 4 nitrogen and oxygen atoms in total. The molecule has 0 radical (unpaired) electrons. The molecule has 0 N–H and O–H groups in total. The number of fused-ring (bicyclic) bond motifs is 6. The SMILES string of the molecule is c1ccc2c(-c3cc(-c4ccc(-n5c6ccccc6c6ccccc65)cc4)nc(-c4ccc(-c5cccc6cccnc56)cc4)n3)c3ccccc3cc2c1. The van der Waals surface area contributed by atoms with Crippen LogP contribution in [-0.4, -0.2) is 19.5 Å². The van der Waals surface area contributed by atoms with Gasteiger partial charge in [-0.15, -0.1) is 0 Å². The number of benzene rings is 8. The summed E-state index contributed by atoms with van der Waals surface area (Å²) in [6.07, 6.45) is 1.85. The monoisotopic (exact) mass is 700 g/mol. The van der Waals surface area contributed by atoms with Crippen molar-refractivity contribution in [3.63, 3.8) is 0 Å². The van der Waals surface area contributed by atoms with Crippen molar-refractivity contribution < 1.29 is 0 Å². The zero-order valence-electron chi connectivity index (χ0n) is 29.8. The third-order valence-corrected chi connectivity index (χ3v) is 10.8. The highest BCUT2D eigenvalue weighted by Crippen LogP contribution is 2.39. The van der Waals surface area contributed by atoms with Crippen LogP contribution in [0, 0.1) is 0 Å². The van der Waals surface area contributed by atoms with E-state index in [2.05, 4.69) is 187 Å². The van der Waals surface area contributed by atoms with E-state index in [-0.39, 0.29) is 0 Å². The number of hydrogen-bond acceptors (Lipinski definition) is 3. The minimum Gasteiger partial charge on any atom is -0.309 e. The molecule has 11 aromatic rings. The van der Waals surface area contributed by atoms with Crippen LogP contribution < -0.4 is 0 Å². The first-order valence-corrected chi connectivity index (χ1v) is 18.6. The zero-order chi connectivity index (χ0) is 36.3.